The van der Waals surface area contributed by atoms with E-state index in [9.17, 15) is 4.79 Å². The molecule has 3 nitrogen and oxygen atoms in total. The van der Waals surface area contributed by atoms with Gasteiger partial charge in [-0.25, -0.2) is 4.79 Å². The van der Waals surface area contributed by atoms with Crippen molar-refractivity contribution in [2.75, 3.05) is 7.11 Å². The van der Waals surface area contributed by atoms with E-state index in [1.54, 1.807) is 24.8 Å². The predicted molar refractivity (Wildman–Crippen MR) is 155 cm³/mol. The van der Waals surface area contributed by atoms with Gasteiger partial charge in [0.15, 0.2) is 0 Å². The highest BCUT2D eigenvalue weighted by atomic mass is 16.5. The van der Waals surface area contributed by atoms with E-state index in [1.807, 2.05) is 12.1 Å². The molecule has 4 aliphatic carbocycles. The first-order valence-electron chi connectivity index (χ1n) is 15.0. The van der Waals surface area contributed by atoms with Gasteiger partial charge in [0.05, 0.1) is 12.7 Å². The summed E-state index contributed by atoms with van der Waals surface area (Å²) in [6.07, 6.45) is 19.3. The zero-order chi connectivity index (χ0) is 27.1. The van der Waals surface area contributed by atoms with E-state index in [-0.39, 0.29) is 17.5 Å². The van der Waals surface area contributed by atoms with Crippen LogP contribution in [0.3, 0.4) is 0 Å². The van der Waals surface area contributed by atoms with Crippen molar-refractivity contribution in [2.45, 2.75) is 92.1 Å². The summed E-state index contributed by atoms with van der Waals surface area (Å²) < 4.78 is 11.2. The van der Waals surface area contributed by atoms with Gasteiger partial charge in [0.1, 0.15) is 11.9 Å². The number of fused-ring (bicyclic) bond motifs is 5. The number of rotatable bonds is 6. The summed E-state index contributed by atoms with van der Waals surface area (Å²) in [5.41, 5.74) is 4.26. The Labute approximate surface area is 230 Å². The van der Waals surface area contributed by atoms with Gasteiger partial charge in [-0.05, 0) is 123 Å². The number of hydrogen-bond acceptors (Lipinski definition) is 3. The SMILES string of the molecule is COc1ccc(C(=O)O[C@H]2CC[C@@]3(C)C(=CC[C@H]4[C@@H]5CC[C@H]([C@H](C)/C=C\C=C(C)C)[C@@]5(C)CC[C@@H]43)C2)cc1. The van der Waals surface area contributed by atoms with Gasteiger partial charge < -0.3 is 9.47 Å². The first kappa shape index (κ1) is 27.3. The lowest BCUT2D eigenvalue weighted by molar-refractivity contribution is -0.0565. The lowest BCUT2D eigenvalue weighted by Crippen LogP contribution is -2.51. The summed E-state index contributed by atoms with van der Waals surface area (Å²) in [7, 11) is 1.64. The zero-order valence-electron chi connectivity index (χ0n) is 24.5. The molecule has 5 rings (SSSR count). The summed E-state index contributed by atoms with van der Waals surface area (Å²) in [5, 5.41) is 0. The second-order valence-electron chi connectivity index (χ2n) is 13.5. The van der Waals surface area contributed by atoms with Crippen LogP contribution >= 0.6 is 0 Å². The van der Waals surface area contributed by atoms with Crippen molar-refractivity contribution in [2.24, 2.45) is 40.4 Å². The number of carbonyl (C=O) groups is 1. The fraction of sp³-hybridized carbons (Fsp3) is 0.629. The second-order valence-corrected chi connectivity index (χ2v) is 13.5. The van der Waals surface area contributed by atoms with E-state index < -0.39 is 0 Å². The third kappa shape index (κ3) is 4.91. The lowest BCUT2D eigenvalue weighted by atomic mass is 9.47. The maximum absolute atomic E-state index is 12.8. The van der Waals surface area contributed by atoms with Crippen LogP contribution in [0, 0.1) is 40.4 Å². The summed E-state index contributed by atoms with van der Waals surface area (Å²) in [6.45, 7) is 12.0. The van der Waals surface area contributed by atoms with E-state index in [0.29, 0.717) is 16.9 Å². The molecule has 0 saturated heterocycles. The maximum atomic E-state index is 12.8. The molecule has 38 heavy (non-hydrogen) atoms. The molecule has 1 aromatic carbocycles. The number of esters is 1. The molecule has 3 heteroatoms. The molecule has 0 N–H and O–H groups in total. The molecule has 3 saturated carbocycles. The summed E-state index contributed by atoms with van der Waals surface area (Å²) >= 11 is 0. The molecule has 0 radical (unpaired) electrons. The van der Waals surface area contributed by atoms with Gasteiger partial charge >= 0.3 is 5.97 Å². The fourth-order valence-electron chi connectivity index (χ4n) is 9.14. The molecule has 0 amide bonds. The van der Waals surface area contributed by atoms with Gasteiger partial charge in [-0.3, -0.25) is 0 Å². The minimum absolute atomic E-state index is 0.0152. The molecule has 0 spiro atoms. The van der Waals surface area contributed by atoms with E-state index >= 15 is 0 Å². The zero-order valence-corrected chi connectivity index (χ0v) is 24.5. The van der Waals surface area contributed by atoms with Gasteiger partial charge in [0, 0.05) is 6.42 Å². The molecule has 3 fully saturated rings. The van der Waals surface area contributed by atoms with Crippen LogP contribution in [-0.4, -0.2) is 19.2 Å². The number of carbonyl (C=O) groups excluding carboxylic acids is 1. The quantitative estimate of drug-likeness (QED) is 0.215. The van der Waals surface area contributed by atoms with Gasteiger partial charge in [-0.1, -0.05) is 56.2 Å². The number of hydrogen-bond donors (Lipinski definition) is 0. The highest BCUT2D eigenvalue weighted by molar-refractivity contribution is 5.89. The van der Waals surface area contributed by atoms with Crippen LogP contribution in [0.4, 0.5) is 0 Å². The Hall–Kier alpha value is -2.29. The molecule has 0 aromatic heterocycles. The first-order valence-corrected chi connectivity index (χ1v) is 15.0. The van der Waals surface area contributed by atoms with Crippen LogP contribution < -0.4 is 4.74 Å². The van der Waals surface area contributed by atoms with E-state index in [2.05, 4.69) is 58.9 Å². The average Bonchev–Trinajstić information content (AvgIpc) is 3.26. The van der Waals surface area contributed by atoms with Crippen molar-refractivity contribution < 1.29 is 14.3 Å². The van der Waals surface area contributed by atoms with Crippen molar-refractivity contribution in [3.63, 3.8) is 0 Å². The van der Waals surface area contributed by atoms with E-state index in [0.717, 1.165) is 48.7 Å². The topological polar surface area (TPSA) is 35.5 Å². The van der Waals surface area contributed by atoms with Crippen LogP contribution in [0.2, 0.25) is 0 Å². The molecule has 0 bridgehead atoms. The third-order valence-electron chi connectivity index (χ3n) is 11.2. The predicted octanol–water partition coefficient (Wildman–Crippen LogP) is 8.96. The Kier molecular flexibility index (Phi) is 7.68. The van der Waals surface area contributed by atoms with E-state index in [4.69, 9.17) is 9.47 Å². The highest BCUT2D eigenvalue weighted by Gasteiger charge is 2.59. The van der Waals surface area contributed by atoms with Gasteiger partial charge in [0.2, 0.25) is 0 Å². The Bertz CT molecular complexity index is 1110. The molecule has 1 aromatic rings. The minimum atomic E-state index is -0.214. The van der Waals surface area contributed by atoms with Crippen LogP contribution in [-0.2, 0) is 4.74 Å². The average molecular weight is 517 g/mol. The number of methoxy groups -OCH3 is 1. The lowest BCUT2D eigenvalue weighted by Gasteiger charge is -2.58. The summed E-state index contributed by atoms with van der Waals surface area (Å²) in [5.74, 6) is 4.39. The van der Waals surface area contributed by atoms with E-state index in [1.165, 1.54) is 37.7 Å². The smallest absolute Gasteiger partial charge is 0.338 e. The first-order chi connectivity index (χ1) is 18.2. The Morgan fingerprint density at radius 2 is 1.79 bits per heavy atom. The van der Waals surface area contributed by atoms with Crippen molar-refractivity contribution in [1.29, 1.82) is 0 Å². The number of ether oxygens (including phenoxy) is 2. The van der Waals surface area contributed by atoms with Crippen LogP contribution in [0.25, 0.3) is 0 Å². The Morgan fingerprint density at radius 1 is 1.03 bits per heavy atom. The Balaban J connectivity index is 1.27. The van der Waals surface area contributed by atoms with Gasteiger partial charge in [-0.2, -0.15) is 0 Å². The third-order valence-corrected chi connectivity index (χ3v) is 11.2. The second kappa shape index (κ2) is 10.7. The summed E-state index contributed by atoms with van der Waals surface area (Å²) in [6, 6.07) is 7.24. The maximum Gasteiger partial charge on any atom is 0.338 e. The number of benzene rings is 1. The highest BCUT2D eigenvalue weighted by Crippen LogP contribution is 2.67. The largest absolute Gasteiger partial charge is 0.497 e. The normalized spacial score (nSPS) is 36.9. The minimum Gasteiger partial charge on any atom is -0.497 e. The molecule has 8 atom stereocenters. The molecule has 0 heterocycles. The van der Waals surface area contributed by atoms with Crippen molar-refractivity contribution >= 4 is 5.97 Å². The summed E-state index contributed by atoms with van der Waals surface area (Å²) in [4.78, 5) is 12.8. The van der Waals surface area contributed by atoms with Crippen molar-refractivity contribution in [3.8, 4) is 5.75 Å². The molecular formula is C35H48O3. The standard InChI is InChI=1S/C35H48O3/c1-23(2)8-7-9-24(3)30-16-17-31-29-15-12-26-22-28(38-33(36)25-10-13-27(37-6)14-11-25)18-20-34(26,4)32(29)19-21-35(30,31)5/h7-14,24,28-32H,15-22H2,1-6H3/b9-7-/t24-,28+,29+,30-,31+,32+,34+,35-/m1/s1. The van der Waals surface area contributed by atoms with Crippen LogP contribution in [0.5, 0.6) is 5.75 Å². The molecule has 4 aliphatic rings. The molecular weight excluding hydrogens is 468 g/mol. The Morgan fingerprint density at radius 3 is 2.50 bits per heavy atom. The van der Waals surface area contributed by atoms with Gasteiger partial charge in [-0.15, -0.1) is 0 Å². The van der Waals surface area contributed by atoms with Crippen molar-refractivity contribution in [3.05, 3.63) is 65.3 Å². The van der Waals surface area contributed by atoms with Crippen molar-refractivity contribution in [1.82, 2.24) is 0 Å². The monoisotopic (exact) mass is 516 g/mol. The molecule has 0 unspecified atom stereocenters. The molecule has 206 valence electrons. The number of allylic oxidation sites excluding steroid dienone is 5. The fourth-order valence-corrected chi connectivity index (χ4v) is 9.14. The van der Waals surface area contributed by atoms with Crippen LogP contribution in [0.1, 0.15) is 96.3 Å². The molecule has 0 aliphatic heterocycles. The van der Waals surface area contributed by atoms with Gasteiger partial charge in [0.25, 0.3) is 0 Å². The van der Waals surface area contributed by atoms with Crippen LogP contribution in [0.15, 0.2) is 59.7 Å².